The maximum atomic E-state index is 13.0. The van der Waals surface area contributed by atoms with Crippen LogP contribution < -0.4 is 10.8 Å². The number of para-hydroxylation sites is 2. The molecule has 1 fully saturated rings. The number of carbonyl (C=O) groups excluding carboxylic acids is 2. The number of nitrogens with one attached hydrogen (secondary N) is 2. The molecule has 1 saturated heterocycles. The Hall–Kier alpha value is -3.23. The standard InChI is InChI=1S/C27H35N5O3/c1-17(2)31-15-20(25(34)30-35)22(16-31)28-24(33)19-12-10-18(11-13-19)14-32-23-9-7-6-8-21(23)29-26(32)27(3,4)5/h6-13,17,20,22,35H,14-16H2,1-5H3,(H,28,33)(H,30,34)/t20-,22+/m0/s1. The summed E-state index contributed by atoms with van der Waals surface area (Å²) in [7, 11) is 0. The third-order valence-corrected chi connectivity index (χ3v) is 6.72. The maximum Gasteiger partial charge on any atom is 0.251 e. The zero-order chi connectivity index (χ0) is 25.3. The van der Waals surface area contributed by atoms with Gasteiger partial charge in [0.2, 0.25) is 5.91 Å². The van der Waals surface area contributed by atoms with Gasteiger partial charge in [-0.1, -0.05) is 45.0 Å². The van der Waals surface area contributed by atoms with Crippen LogP contribution in [0, 0.1) is 5.92 Å². The van der Waals surface area contributed by atoms with Crippen molar-refractivity contribution in [3.8, 4) is 0 Å². The van der Waals surface area contributed by atoms with Crippen molar-refractivity contribution in [1.29, 1.82) is 0 Å². The molecule has 35 heavy (non-hydrogen) atoms. The molecule has 0 saturated carbocycles. The minimum atomic E-state index is -0.504. The lowest BCUT2D eigenvalue weighted by Gasteiger charge is -2.21. The molecule has 0 spiro atoms. The van der Waals surface area contributed by atoms with Crippen LogP contribution in [0.5, 0.6) is 0 Å². The van der Waals surface area contributed by atoms with E-state index in [1.807, 2.05) is 56.3 Å². The van der Waals surface area contributed by atoms with Crippen molar-refractivity contribution in [3.63, 3.8) is 0 Å². The van der Waals surface area contributed by atoms with E-state index in [0.29, 0.717) is 25.2 Å². The van der Waals surface area contributed by atoms with Gasteiger partial charge in [-0.25, -0.2) is 10.5 Å². The molecule has 4 rings (SSSR count). The quantitative estimate of drug-likeness (QED) is 0.374. The van der Waals surface area contributed by atoms with Crippen molar-refractivity contribution in [3.05, 3.63) is 65.5 Å². The van der Waals surface area contributed by atoms with Gasteiger partial charge in [0, 0.05) is 36.7 Å². The summed E-state index contributed by atoms with van der Waals surface area (Å²) < 4.78 is 2.24. The van der Waals surface area contributed by atoms with Crippen LogP contribution in [-0.2, 0) is 16.8 Å². The number of fused-ring (bicyclic) bond motifs is 1. The Morgan fingerprint density at radius 2 is 1.77 bits per heavy atom. The summed E-state index contributed by atoms with van der Waals surface area (Å²) in [6, 6.07) is 15.6. The molecule has 3 aromatic rings. The number of rotatable bonds is 6. The largest absolute Gasteiger partial charge is 0.347 e. The number of benzene rings is 2. The van der Waals surface area contributed by atoms with Crippen molar-refractivity contribution in [2.24, 2.45) is 5.92 Å². The summed E-state index contributed by atoms with van der Waals surface area (Å²) in [4.78, 5) is 32.1. The SMILES string of the molecule is CC(C)N1C[C@H](C(=O)NO)[C@H](NC(=O)c2ccc(Cn3c(C(C)(C)C)nc4ccccc43)cc2)C1. The molecule has 8 nitrogen and oxygen atoms in total. The van der Waals surface area contributed by atoms with E-state index in [1.54, 1.807) is 5.48 Å². The number of hydrogen-bond donors (Lipinski definition) is 3. The first kappa shape index (κ1) is 24.9. The third kappa shape index (κ3) is 5.23. The van der Waals surface area contributed by atoms with Crippen LogP contribution in [0.25, 0.3) is 11.0 Å². The second-order valence-corrected chi connectivity index (χ2v) is 10.7. The van der Waals surface area contributed by atoms with Gasteiger partial charge in [-0.3, -0.25) is 19.7 Å². The second-order valence-electron chi connectivity index (χ2n) is 10.7. The normalized spacial score (nSPS) is 18.8. The van der Waals surface area contributed by atoms with Crippen LogP contribution in [0.2, 0.25) is 0 Å². The van der Waals surface area contributed by atoms with Gasteiger partial charge < -0.3 is 9.88 Å². The first-order valence-corrected chi connectivity index (χ1v) is 12.1. The average molecular weight is 478 g/mol. The summed E-state index contributed by atoms with van der Waals surface area (Å²) >= 11 is 0. The Kier molecular flexibility index (Phi) is 6.96. The highest BCUT2D eigenvalue weighted by Gasteiger charge is 2.39. The van der Waals surface area contributed by atoms with E-state index < -0.39 is 11.8 Å². The fourth-order valence-corrected chi connectivity index (χ4v) is 4.75. The fraction of sp³-hybridized carbons (Fsp3) is 0.444. The molecule has 0 aliphatic carbocycles. The van der Waals surface area contributed by atoms with Gasteiger partial charge in [0.05, 0.1) is 23.0 Å². The van der Waals surface area contributed by atoms with Crippen molar-refractivity contribution >= 4 is 22.8 Å². The number of hydrogen-bond acceptors (Lipinski definition) is 5. The molecule has 1 aromatic heterocycles. The molecule has 186 valence electrons. The molecule has 2 heterocycles. The van der Waals surface area contributed by atoms with Crippen LogP contribution in [0.1, 0.15) is 56.4 Å². The smallest absolute Gasteiger partial charge is 0.251 e. The molecule has 3 N–H and O–H groups in total. The number of aromatic nitrogens is 2. The minimum Gasteiger partial charge on any atom is -0.347 e. The highest BCUT2D eigenvalue weighted by atomic mass is 16.5. The zero-order valence-corrected chi connectivity index (χ0v) is 21.1. The van der Waals surface area contributed by atoms with E-state index in [0.717, 1.165) is 22.4 Å². The molecule has 0 unspecified atom stereocenters. The van der Waals surface area contributed by atoms with Gasteiger partial charge in [0.1, 0.15) is 5.82 Å². The Bertz CT molecular complexity index is 1210. The first-order chi connectivity index (χ1) is 16.6. The molecular formula is C27H35N5O3. The monoisotopic (exact) mass is 477 g/mol. The molecule has 2 aromatic carbocycles. The number of nitrogens with zero attached hydrogens (tertiary/aromatic N) is 3. The summed E-state index contributed by atoms with van der Waals surface area (Å²) in [6.07, 6.45) is 0. The van der Waals surface area contributed by atoms with Crippen molar-refractivity contribution in [2.45, 2.75) is 58.7 Å². The van der Waals surface area contributed by atoms with E-state index in [-0.39, 0.29) is 23.4 Å². The minimum absolute atomic E-state index is 0.110. The Balaban J connectivity index is 1.51. The molecule has 1 aliphatic rings. The van der Waals surface area contributed by atoms with Gasteiger partial charge in [0.25, 0.3) is 5.91 Å². The topological polar surface area (TPSA) is 99.5 Å². The van der Waals surface area contributed by atoms with Gasteiger partial charge >= 0.3 is 0 Å². The van der Waals surface area contributed by atoms with Crippen molar-refractivity contribution < 1.29 is 14.8 Å². The summed E-state index contributed by atoms with van der Waals surface area (Å²) in [5.41, 5.74) is 5.29. The Morgan fingerprint density at radius 1 is 1.09 bits per heavy atom. The van der Waals surface area contributed by atoms with E-state index in [2.05, 4.69) is 41.6 Å². The average Bonchev–Trinajstić information content (AvgIpc) is 3.41. The van der Waals surface area contributed by atoms with Crippen LogP contribution in [-0.4, -0.2) is 56.6 Å². The predicted molar refractivity (Wildman–Crippen MR) is 135 cm³/mol. The molecule has 2 atom stereocenters. The van der Waals surface area contributed by atoms with Gasteiger partial charge in [0.15, 0.2) is 0 Å². The number of hydroxylamine groups is 1. The molecule has 0 radical (unpaired) electrons. The summed E-state index contributed by atoms with van der Waals surface area (Å²) in [5.74, 6) is -0.192. The third-order valence-electron chi connectivity index (χ3n) is 6.72. The van der Waals surface area contributed by atoms with E-state index >= 15 is 0 Å². The van der Waals surface area contributed by atoms with Crippen molar-refractivity contribution in [1.82, 2.24) is 25.2 Å². The molecule has 8 heteroatoms. The van der Waals surface area contributed by atoms with Gasteiger partial charge in [-0.15, -0.1) is 0 Å². The Morgan fingerprint density at radius 3 is 2.40 bits per heavy atom. The van der Waals surface area contributed by atoms with E-state index in [4.69, 9.17) is 10.2 Å². The first-order valence-electron chi connectivity index (χ1n) is 12.1. The van der Waals surface area contributed by atoms with Gasteiger partial charge in [-0.05, 0) is 43.7 Å². The van der Waals surface area contributed by atoms with Crippen LogP contribution in [0.3, 0.4) is 0 Å². The van der Waals surface area contributed by atoms with Crippen molar-refractivity contribution in [2.75, 3.05) is 13.1 Å². The van der Waals surface area contributed by atoms with Crippen LogP contribution >= 0.6 is 0 Å². The molecule has 1 aliphatic heterocycles. The number of carbonyl (C=O) groups is 2. The second kappa shape index (κ2) is 9.79. The lowest BCUT2D eigenvalue weighted by atomic mass is 9.95. The predicted octanol–water partition coefficient (Wildman–Crippen LogP) is 3.33. The van der Waals surface area contributed by atoms with E-state index in [9.17, 15) is 9.59 Å². The number of imidazole rings is 1. The Labute approximate surface area is 206 Å². The van der Waals surface area contributed by atoms with Crippen LogP contribution in [0.4, 0.5) is 0 Å². The summed E-state index contributed by atoms with van der Waals surface area (Å²) in [6.45, 7) is 12.3. The van der Waals surface area contributed by atoms with E-state index in [1.165, 1.54) is 0 Å². The lowest BCUT2D eigenvalue weighted by molar-refractivity contribution is -0.133. The zero-order valence-electron chi connectivity index (χ0n) is 21.1. The molecule has 2 amide bonds. The lowest BCUT2D eigenvalue weighted by Crippen LogP contribution is -2.45. The van der Waals surface area contributed by atoms with Crippen LogP contribution in [0.15, 0.2) is 48.5 Å². The summed E-state index contributed by atoms with van der Waals surface area (Å²) in [5, 5.41) is 12.1. The molecule has 0 bridgehead atoms. The van der Waals surface area contributed by atoms with Gasteiger partial charge in [-0.2, -0.15) is 0 Å². The maximum absolute atomic E-state index is 13.0. The fourth-order valence-electron chi connectivity index (χ4n) is 4.75. The highest BCUT2D eigenvalue weighted by molar-refractivity contribution is 5.95. The molecular weight excluding hydrogens is 442 g/mol. The number of amides is 2. The highest BCUT2D eigenvalue weighted by Crippen LogP contribution is 2.27. The number of likely N-dealkylation sites (tertiary alicyclic amines) is 1.